The molecule has 0 aliphatic carbocycles. The van der Waals surface area contributed by atoms with Gasteiger partial charge in [-0.05, 0) is 60.6 Å². The van der Waals surface area contributed by atoms with Gasteiger partial charge in [0, 0.05) is 11.4 Å². The molecule has 1 amide bonds. The highest BCUT2D eigenvalue weighted by Crippen LogP contribution is 2.37. The zero-order valence-electron chi connectivity index (χ0n) is 20.4. The number of aromatic nitrogens is 2. The number of halogens is 7. The van der Waals surface area contributed by atoms with Gasteiger partial charge in [-0.1, -0.05) is 0 Å². The summed E-state index contributed by atoms with van der Waals surface area (Å²) >= 11 is 0. The summed E-state index contributed by atoms with van der Waals surface area (Å²) in [4.78, 5) is 29.9. The van der Waals surface area contributed by atoms with E-state index in [4.69, 9.17) is 9.84 Å². The van der Waals surface area contributed by atoms with Crippen LogP contribution in [0.25, 0.3) is 0 Å². The van der Waals surface area contributed by atoms with Gasteiger partial charge in [-0.15, -0.1) is 12.4 Å². The first-order valence-electron chi connectivity index (χ1n) is 9.97. The minimum atomic E-state index is -4.67. The van der Waals surface area contributed by atoms with E-state index in [9.17, 15) is 35.9 Å². The van der Waals surface area contributed by atoms with Crippen LogP contribution in [0.4, 0.5) is 36.8 Å². The van der Waals surface area contributed by atoms with Crippen LogP contribution in [-0.4, -0.2) is 32.7 Å². The molecule has 202 valence electrons. The zero-order chi connectivity index (χ0) is 27.5. The number of pyridine rings is 2. The van der Waals surface area contributed by atoms with E-state index in [0.717, 1.165) is 12.1 Å². The van der Waals surface area contributed by atoms with Crippen LogP contribution in [0.1, 0.15) is 65.0 Å². The van der Waals surface area contributed by atoms with E-state index in [1.165, 1.54) is 27.7 Å². The van der Waals surface area contributed by atoms with Crippen LogP contribution < -0.4 is 5.32 Å². The number of amides is 1. The first-order valence-corrected chi connectivity index (χ1v) is 9.97. The molecule has 2 aromatic rings. The second kappa shape index (κ2) is 11.8. The van der Waals surface area contributed by atoms with E-state index >= 15 is 0 Å². The first-order chi connectivity index (χ1) is 15.6. The van der Waals surface area contributed by atoms with Crippen molar-refractivity contribution in [2.75, 3.05) is 5.32 Å². The highest BCUT2D eigenvalue weighted by atomic mass is 35.5. The number of ether oxygens (including phenoxy) is 1. The minimum absolute atomic E-state index is 0. The summed E-state index contributed by atoms with van der Waals surface area (Å²) in [5, 5.41) is 10.8. The molecule has 0 saturated carbocycles. The SMILES string of the molecule is Cc1cc(C(F)(F)F)c(C(=O)O)c(C)n1.Cc1cc(C(F)(F)F)c(NC(=O)OC(C)(C)C)c(C)n1.Cl. The van der Waals surface area contributed by atoms with Crippen LogP contribution in [0.5, 0.6) is 0 Å². The van der Waals surface area contributed by atoms with Crippen molar-refractivity contribution in [2.24, 2.45) is 0 Å². The maximum atomic E-state index is 13.0. The number of aryl methyl sites for hydroxylation is 4. The molecule has 0 atom stereocenters. The second-order valence-electron chi connectivity index (χ2n) is 8.47. The van der Waals surface area contributed by atoms with Crippen LogP contribution in [0, 0.1) is 27.7 Å². The van der Waals surface area contributed by atoms with Crippen LogP contribution in [-0.2, 0) is 17.1 Å². The Morgan fingerprint density at radius 2 is 1.25 bits per heavy atom. The average Bonchev–Trinajstić information content (AvgIpc) is 2.60. The van der Waals surface area contributed by atoms with Gasteiger partial charge in [-0.3, -0.25) is 15.3 Å². The van der Waals surface area contributed by atoms with Crippen LogP contribution in [0.3, 0.4) is 0 Å². The number of nitrogens with zero attached hydrogens (tertiary/aromatic N) is 2. The molecule has 0 aliphatic rings. The molecule has 0 bridgehead atoms. The van der Waals surface area contributed by atoms with Gasteiger partial charge in [0.1, 0.15) is 5.60 Å². The number of rotatable bonds is 2. The van der Waals surface area contributed by atoms with Gasteiger partial charge in [-0.25, -0.2) is 9.59 Å². The molecule has 0 saturated heterocycles. The Morgan fingerprint density at radius 3 is 1.64 bits per heavy atom. The zero-order valence-corrected chi connectivity index (χ0v) is 21.2. The van der Waals surface area contributed by atoms with E-state index < -0.39 is 46.7 Å². The summed E-state index contributed by atoms with van der Waals surface area (Å²) < 4.78 is 81.3. The lowest BCUT2D eigenvalue weighted by Gasteiger charge is -2.21. The first kappa shape index (κ1) is 32.9. The Hall–Kier alpha value is -3.09. The Morgan fingerprint density at radius 1 is 0.833 bits per heavy atom. The lowest BCUT2D eigenvalue weighted by atomic mass is 10.1. The maximum Gasteiger partial charge on any atom is 0.418 e. The third kappa shape index (κ3) is 9.51. The normalized spacial score (nSPS) is 11.6. The van der Waals surface area contributed by atoms with Gasteiger partial charge < -0.3 is 9.84 Å². The topological polar surface area (TPSA) is 101 Å². The fraction of sp³-hybridized carbons (Fsp3) is 0.455. The molecule has 36 heavy (non-hydrogen) atoms. The highest BCUT2D eigenvalue weighted by molar-refractivity contribution is 5.91. The number of carboxylic acid groups (broad SMARTS) is 1. The third-order valence-corrected chi connectivity index (χ3v) is 4.11. The smallest absolute Gasteiger partial charge is 0.418 e. The summed E-state index contributed by atoms with van der Waals surface area (Å²) in [6.07, 6.45) is -10.2. The molecule has 0 unspecified atom stereocenters. The minimum Gasteiger partial charge on any atom is -0.478 e. The number of carbonyl (C=O) groups excluding carboxylic acids is 1. The van der Waals surface area contributed by atoms with E-state index in [1.54, 1.807) is 20.8 Å². The third-order valence-electron chi connectivity index (χ3n) is 4.11. The fourth-order valence-electron chi connectivity index (χ4n) is 2.94. The molecule has 2 aromatic heterocycles. The van der Waals surface area contributed by atoms with Gasteiger partial charge in [0.15, 0.2) is 0 Å². The molecule has 7 nitrogen and oxygen atoms in total. The molecular formula is C22H26ClF6N3O4. The number of carboxylic acids is 1. The van der Waals surface area contributed by atoms with Crippen molar-refractivity contribution in [2.45, 2.75) is 66.4 Å². The van der Waals surface area contributed by atoms with E-state index in [0.29, 0.717) is 0 Å². The number of hydrogen-bond donors (Lipinski definition) is 2. The Kier molecular flexibility index (Phi) is 10.8. The van der Waals surface area contributed by atoms with Gasteiger partial charge in [0.25, 0.3) is 0 Å². The molecule has 2 N–H and O–H groups in total. The van der Waals surface area contributed by atoms with Crippen molar-refractivity contribution in [1.29, 1.82) is 0 Å². The lowest BCUT2D eigenvalue weighted by molar-refractivity contribution is -0.138. The van der Waals surface area contributed by atoms with Crippen molar-refractivity contribution in [3.05, 3.63) is 51.6 Å². The summed E-state index contributed by atoms with van der Waals surface area (Å²) in [7, 11) is 0. The van der Waals surface area contributed by atoms with Crippen molar-refractivity contribution in [3.63, 3.8) is 0 Å². The van der Waals surface area contributed by atoms with Gasteiger partial charge >= 0.3 is 24.4 Å². The number of alkyl halides is 6. The molecule has 0 fully saturated rings. The lowest BCUT2D eigenvalue weighted by Crippen LogP contribution is -2.28. The standard InChI is InChI=1S/C13H17F3N2O2.C9H8F3NO2.ClH/c1-7-6-9(13(14,15)16)10(8(2)17-7)18-11(19)20-12(3,4)5;1-4-3-6(9(10,11)12)7(8(14)15)5(2)13-4;/h6H,1-5H3,(H,18,19);3H,1-2H3,(H,14,15);1H. The molecule has 2 heterocycles. The van der Waals surface area contributed by atoms with E-state index in [1.807, 2.05) is 0 Å². The van der Waals surface area contributed by atoms with Crippen molar-refractivity contribution in [1.82, 2.24) is 9.97 Å². The Balaban J connectivity index is 0.000000687. The predicted molar refractivity (Wildman–Crippen MR) is 121 cm³/mol. The van der Waals surface area contributed by atoms with Gasteiger partial charge in [-0.2, -0.15) is 26.3 Å². The molecule has 14 heteroatoms. The van der Waals surface area contributed by atoms with Crippen molar-refractivity contribution in [3.8, 4) is 0 Å². The van der Waals surface area contributed by atoms with Crippen molar-refractivity contribution >= 4 is 30.2 Å². The second-order valence-corrected chi connectivity index (χ2v) is 8.47. The monoisotopic (exact) mass is 545 g/mol. The summed E-state index contributed by atoms with van der Waals surface area (Å²) in [6, 6.07) is 1.62. The quantitative estimate of drug-likeness (QED) is 0.398. The Bertz CT molecular complexity index is 1110. The molecule has 0 spiro atoms. The molecule has 0 aliphatic heterocycles. The number of aromatic carboxylic acids is 1. The summed E-state index contributed by atoms with van der Waals surface area (Å²) in [6.45, 7) is 10.3. The molecule has 2 rings (SSSR count). The molecule has 0 aromatic carbocycles. The fourth-order valence-corrected chi connectivity index (χ4v) is 2.94. The number of hydrogen-bond acceptors (Lipinski definition) is 5. The van der Waals surface area contributed by atoms with Crippen molar-refractivity contribution < 1.29 is 45.8 Å². The number of anilines is 1. The average molecular weight is 546 g/mol. The van der Waals surface area contributed by atoms with Crippen LogP contribution in [0.2, 0.25) is 0 Å². The van der Waals surface area contributed by atoms with Crippen LogP contribution in [0.15, 0.2) is 12.1 Å². The Labute approximate surface area is 209 Å². The summed E-state index contributed by atoms with van der Waals surface area (Å²) in [5.74, 6) is -1.62. The predicted octanol–water partition coefficient (Wildman–Crippen LogP) is 6.90. The van der Waals surface area contributed by atoms with Crippen LogP contribution >= 0.6 is 12.4 Å². The molecular weight excluding hydrogens is 520 g/mol. The van der Waals surface area contributed by atoms with E-state index in [-0.39, 0.29) is 40.9 Å². The number of nitrogens with one attached hydrogen (secondary N) is 1. The molecule has 0 radical (unpaired) electrons. The van der Waals surface area contributed by atoms with Gasteiger partial charge in [0.2, 0.25) is 0 Å². The van der Waals surface area contributed by atoms with E-state index in [2.05, 4.69) is 15.3 Å². The maximum absolute atomic E-state index is 13.0. The summed E-state index contributed by atoms with van der Waals surface area (Å²) in [5.41, 5.74) is -3.72. The van der Waals surface area contributed by atoms with Gasteiger partial charge in [0.05, 0.1) is 33.8 Å². The highest BCUT2D eigenvalue weighted by Gasteiger charge is 2.37. The number of carbonyl (C=O) groups is 2. The largest absolute Gasteiger partial charge is 0.478 e.